The molecule has 0 aliphatic carbocycles. The van der Waals surface area contributed by atoms with Gasteiger partial charge in [-0.25, -0.2) is 0 Å². The van der Waals surface area contributed by atoms with Gasteiger partial charge in [0.25, 0.3) is 0 Å². The van der Waals surface area contributed by atoms with E-state index in [2.05, 4.69) is 0 Å². The van der Waals surface area contributed by atoms with E-state index in [0.717, 1.165) is 17.7 Å². The van der Waals surface area contributed by atoms with E-state index in [9.17, 15) is 4.79 Å². The van der Waals surface area contributed by atoms with E-state index in [4.69, 9.17) is 14.0 Å². The molecule has 2 aliphatic rings. The smallest absolute Gasteiger partial charge is 0.495 e. The standard InChI is InChI=1S/C16H22BNO4/c1-15(2)16(3,4)22-17(21-15)11-8-12(10-13(9-11)20-5)18-7-6-14(18)19/h8-10H,6-7H2,1-5H3. The Kier molecular flexibility index (Phi) is 3.49. The molecule has 0 aromatic heterocycles. The number of methoxy groups -OCH3 is 1. The van der Waals surface area contributed by atoms with Crippen molar-refractivity contribution in [1.82, 2.24) is 0 Å². The molecule has 1 aromatic carbocycles. The van der Waals surface area contributed by atoms with Crippen molar-refractivity contribution in [3.8, 4) is 5.75 Å². The number of anilines is 1. The second-order valence-corrected chi connectivity index (χ2v) is 6.85. The fourth-order valence-corrected chi connectivity index (χ4v) is 2.58. The molecule has 0 atom stereocenters. The summed E-state index contributed by atoms with van der Waals surface area (Å²) in [6, 6.07) is 5.71. The number of hydrogen-bond acceptors (Lipinski definition) is 4. The topological polar surface area (TPSA) is 48.0 Å². The van der Waals surface area contributed by atoms with Gasteiger partial charge in [-0.1, -0.05) is 0 Å². The van der Waals surface area contributed by atoms with Gasteiger partial charge in [-0.3, -0.25) is 4.79 Å². The van der Waals surface area contributed by atoms with Gasteiger partial charge in [0.2, 0.25) is 5.91 Å². The summed E-state index contributed by atoms with van der Waals surface area (Å²) in [4.78, 5) is 13.4. The predicted molar refractivity (Wildman–Crippen MR) is 85.7 cm³/mol. The third kappa shape index (κ3) is 2.40. The Morgan fingerprint density at radius 2 is 1.77 bits per heavy atom. The van der Waals surface area contributed by atoms with Gasteiger partial charge in [0.1, 0.15) is 5.75 Å². The molecule has 1 amide bonds. The highest BCUT2D eigenvalue weighted by atomic mass is 16.7. The summed E-state index contributed by atoms with van der Waals surface area (Å²) in [7, 11) is 1.15. The van der Waals surface area contributed by atoms with E-state index in [1.165, 1.54) is 0 Å². The predicted octanol–water partition coefficient (Wildman–Crippen LogP) is 1.73. The Labute approximate surface area is 131 Å². The van der Waals surface area contributed by atoms with Gasteiger partial charge in [0.05, 0.1) is 18.3 Å². The van der Waals surface area contributed by atoms with Crippen molar-refractivity contribution in [2.75, 3.05) is 18.6 Å². The molecule has 2 saturated heterocycles. The summed E-state index contributed by atoms with van der Waals surface area (Å²) in [5.41, 5.74) is 0.911. The van der Waals surface area contributed by atoms with Crippen LogP contribution in [0.2, 0.25) is 0 Å². The maximum Gasteiger partial charge on any atom is 0.495 e. The minimum Gasteiger partial charge on any atom is -0.497 e. The van der Waals surface area contributed by atoms with Crippen LogP contribution in [0.3, 0.4) is 0 Å². The molecule has 5 nitrogen and oxygen atoms in total. The van der Waals surface area contributed by atoms with Crippen molar-refractivity contribution in [3.05, 3.63) is 18.2 Å². The molecule has 3 rings (SSSR count). The van der Waals surface area contributed by atoms with Gasteiger partial charge in [-0.05, 0) is 45.3 Å². The summed E-state index contributed by atoms with van der Waals surface area (Å²) in [6.45, 7) is 8.83. The molecule has 0 N–H and O–H groups in total. The molecule has 118 valence electrons. The highest BCUT2D eigenvalue weighted by molar-refractivity contribution is 6.62. The maximum atomic E-state index is 11.7. The van der Waals surface area contributed by atoms with Gasteiger partial charge < -0.3 is 18.9 Å². The summed E-state index contributed by atoms with van der Waals surface area (Å²) >= 11 is 0. The first-order valence-electron chi connectivity index (χ1n) is 7.58. The zero-order chi connectivity index (χ0) is 16.1. The minimum atomic E-state index is -0.463. The van der Waals surface area contributed by atoms with Crippen LogP contribution in [-0.4, -0.2) is 37.9 Å². The summed E-state index contributed by atoms with van der Waals surface area (Å²) < 4.78 is 17.5. The lowest BCUT2D eigenvalue weighted by Crippen LogP contribution is -2.44. The normalized spacial score (nSPS) is 22.7. The number of ether oxygens (including phenoxy) is 1. The van der Waals surface area contributed by atoms with Crippen molar-refractivity contribution >= 4 is 24.2 Å². The quantitative estimate of drug-likeness (QED) is 0.630. The van der Waals surface area contributed by atoms with Crippen molar-refractivity contribution in [2.24, 2.45) is 0 Å². The number of carbonyl (C=O) groups is 1. The van der Waals surface area contributed by atoms with E-state index in [-0.39, 0.29) is 5.91 Å². The summed E-state index contributed by atoms with van der Waals surface area (Å²) in [6.07, 6.45) is 0.600. The van der Waals surface area contributed by atoms with E-state index in [0.29, 0.717) is 12.2 Å². The zero-order valence-electron chi connectivity index (χ0n) is 13.8. The van der Waals surface area contributed by atoms with Crippen molar-refractivity contribution in [2.45, 2.75) is 45.3 Å². The molecule has 2 fully saturated rings. The molecule has 1 aromatic rings. The number of β-lactam (4-membered cyclic amide) rings is 1. The largest absolute Gasteiger partial charge is 0.497 e. The summed E-state index contributed by atoms with van der Waals surface area (Å²) in [5, 5.41) is 0. The molecular formula is C16H22BNO4. The molecule has 0 saturated carbocycles. The zero-order valence-corrected chi connectivity index (χ0v) is 13.8. The number of hydrogen-bond donors (Lipinski definition) is 0. The van der Waals surface area contributed by atoms with Crippen LogP contribution in [0.15, 0.2) is 18.2 Å². The fourth-order valence-electron chi connectivity index (χ4n) is 2.58. The van der Waals surface area contributed by atoms with Gasteiger partial charge in [0, 0.05) is 24.7 Å². The van der Waals surface area contributed by atoms with Crippen LogP contribution in [0, 0.1) is 0 Å². The Morgan fingerprint density at radius 3 is 2.23 bits per heavy atom. The van der Waals surface area contributed by atoms with Crippen LogP contribution in [0.5, 0.6) is 5.75 Å². The lowest BCUT2D eigenvalue weighted by atomic mass is 9.78. The first kappa shape index (κ1) is 15.4. The van der Waals surface area contributed by atoms with Crippen LogP contribution < -0.4 is 15.1 Å². The minimum absolute atomic E-state index is 0.133. The van der Waals surface area contributed by atoms with Crippen LogP contribution in [0.4, 0.5) is 5.69 Å². The Morgan fingerprint density at radius 1 is 1.14 bits per heavy atom. The van der Waals surface area contributed by atoms with Gasteiger partial charge in [0.15, 0.2) is 0 Å². The lowest BCUT2D eigenvalue weighted by Gasteiger charge is -2.32. The van der Waals surface area contributed by atoms with Crippen LogP contribution >= 0.6 is 0 Å². The molecule has 2 aliphatic heterocycles. The highest BCUT2D eigenvalue weighted by Gasteiger charge is 2.52. The Hall–Kier alpha value is -1.53. The molecule has 22 heavy (non-hydrogen) atoms. The monoisotopic (exact) mass is 303 g/mol. The number of amides is 1. The molecule has 0 spiro atoms. The third-order valence-electron chi connectivity index (χ3n) is 4.84. The Balaban J connectivity index is 1.94. The fraction of sp³-hybridized carbons (Fsp3) is 0.562. The van der Waals surface area contributed by atoms with Gasteiger partial charge in [-0.2, -0.15) is 0 Å². The second-order valence-electron chi connectivity index (χ2n) is 6.85. The molecule has 2 heterocycles. The second kappa shape index (κ2) is 5.00. The van der Waals surface area contributed by atoms with Crippen LogP contribution in [0.25, 0.3) is 0 Å². The average molecular weight is 303 g/mol. The number of carbonyl (C=O) groups excluding carboxylic acids is 1. The van der Waals surface area contributed by atoms with E-state index >= 15 is 0 Å². The highest BCUT2D eigenvalue weighted by Crippen LogP contribution is 2.37. The summed E-state index contributed by atoms with van der Waals surface area (Å²) in [5.74, 6) is 0.829. The average Bonchev–Trinajstić information content (AvgIpc) is 2.65. The number of rotatable bonds is 3. The Bertz CT molecular complexity index is 598. The van der Waals surface area contributed by atoms with E-state index in [1.807, 2.05) is 45.9 Å². The molecule has 0 bridgehead atoms. The SMILES string of the molecule is COc1cc(B2OC(C)(C)C(C)(C)O2)cc(N2CCC2=O)c1. The first-order valence-corrected chi connectivity index (χ1v) is 7.58. The molecule has 6 heteroatoms. The maximum absolute atomic E-state index is 11.7. The number of nitrogens with zero attached hydrogens (tertiary/aromatic N) is 1. The van der Waals surface area contributed by atoms with Crippen molar-refractivity contribution in [1.29, 1.82) is 0 Å². The number of benzene rings is 1. The van der Waals surface area contributed by atoms with Gasteiger partial charge >= 0.3 is 7.12 Å². The van der Waals surface area contributed by atoms with Crippen LogP contribution in [-0.2, 0) is 14.1 Å². The van der Waals surface area contributed by atoms with E-state index in [1.54, 1.807) is 12.0 Å². The first-order chi connectivity index (χ1) is 10.2. The lowest BCUT2D eigenvalue weighted by molar-refractivity contribution is -0.122. The third-order valence-corrected chi connectivity index (χ3v) is 4.84. The molecule has 0 radical (unpaired) electrons. The molecule has 0 unspecified atom stereocenters. The van der Waals surface area contributed by atoms with Crippen molar-refractivity contribution < 1.29 is 18.8 Å². The van der Waals surface area contributed by atoms with Crippen LogP contribution in [0.1, 0.15) is 34.1 Å². The van der Waals surface area contributed by atoms with E-state index < -0.39 is 18.3 Å². The van der Waals surface area contributed by atoms with Gasteiger partial charge in [-0.15, -0.1) is 0 Å². The van der Waals surface area contributed by atoms with Crippen molar-refractivity contribution in [3.63, 3.8) is 0 Å². The molecular weight excluding hydrogens is 281 g/mol.